The van der Waals surface area contributed by atoms with E-state index in [1.54, 1.807) is 60.7 Å². The zero-order chi connectivity index (χ0) is 39.8. The van der Waals surface area contributed by atoms with Crippen LogP contribution in [0.2, 0.25) is 0 Å². The van der Waals surface area contributed by atoms with Gasteiger partial charge in [0.1, 0.15) is 15.5 Å². The van der Waals surface area contributed by atoms with E-state index in [2.05, 4.69) is 30.7 Å². The van der Waals surface area contributed by atoms with Gasteiger partial charge in [0.15, 0.2) is 0 Å². The smallest absolute Gasteiger partial charge is 0.871 e. The molecule has 0 fully saturated rings. The molecule has 0 unspecified atom stereocenters. The van der Waals surface area contributed by atoms with Crippen molar-refractivity contribution in [2.45, 2.75) is 9.79 Å². The Hall–Kier alpha value is -5.12. The van der Waals surface area contributed by atoms with Gasteiger partial charge in [-0.2, -0.15) is 37.3 Å². The van der Waals surface area contributed by atoms with Crippen molar-refractivity contribution in [3.05, 3.63) is 121 Å². The molecule has 16 nitrogen and oxygen atoms in total. The monoisotopic (exact) mass is 832 g/mol. The first kappa shape index (κ1) is 44.0. The molecule has 0 aromatic heterocycles. The van der Waals surface area contributed by atoms with Crippen LogP contribution in [0.3, 0.4) is 0 Å². The number of hydrogen-bond acceptors (Lipinski definition) is 14. The summed E-state index contributed by atoms with van der Waals surface area (Å²) in [6.07, 6.45) is 0. The predicted molar refractivity (Wildman–Crippen MR) is 206 cm³/mol. The van der Waals surface area contributed by atoms with Crippen LogP contribution in [0.1, 0.15) is 0 Å². The summed E-state index contributed by atoms with van der Waals surface area (Å²) in [6.45, 7) is 0. The fourth-order valence-corrected chi connectivity index (χ4v) is 7.17. The molecule has 0 saturated heterocycles. The van der Waals surface area contributed by atoms with Crippen molar-refractivity contribution in [1.82, 2.24) is 0 Å². The molecule has 6 N–H and O–H groups in total. The molecule has 0 radical (unpaired) electrons. The van der Waals surface area contributed by atoms with Gasteiger partial charge in [0.25, 0.3) is 20.2 Å². The van der Waals surface area contributed by atoms with Crippen molar-refractivity contribution < 1.29 is 95.3 Å². The Bertz CT molecular complexity index is 3020. The quantitative estimate of drug-likeness (QED) is 0.0714. The molecule has 0 aliphatic heterocycles. The van der Waals surface area contributed by atoms with E-state index in [4.69, 9.17) is 11.5 Å². The molecule has 20 heteroatoms. The van der Waals surface area contributed by atoms with Gasteiger partial charge in [-0.3, -0.25) is 9.11 Å². The van der Waals surface area contributed by atoms with Crippen LogP contribution < -0.4 is 80.8 Å². The maximum atomic E-state index is 13.6. The van der Waals surface area contributed by atoms with Crippen molar-refractivity contribution in [2.75, 3.05) is 11.5 Å². The fraction of sp³-hybridized carbons (Fsp3) is 0. The molecular weight excluding hydrogens is 807 g/mol. The summed E-state index contributed by atoms with van der Waals surface area (Å²) < 4.78 is 68.2. The minimum atomic E-state index is -4.99. The Kier molecular flexibility index (Phi) is 13.5. The Morgan fingerprint density at radius 1 is 0.466 bits per heavy atom. The molecule has 7 aromatic carbocycles. The minimum absolute atomic E-state index is 0. The van der Waals surface area contributed by atoms with Crippen LogP contribution in [0, 0.1) is 0 Å². The van der Waals surface area contributed by atoms with Crippen LogP contribution in [0.25, 0.3) is 32.7 Å². The Labute approximate surface area is 375 Å². The molecule has 0 bridgehead atoms. The van der Waals surface area contributed by atoms with Crippen LogP contribution in [0.4, 0.5) is 45.5 Å². The average Bonchev–Trinajstić information content (AvgIpc) is 3.16. The first-order chi connectivity index (χ1) is 26.7. The number of nitrogens with two attached hydrogens (primary N) is 2. The van der Waals surface area contributed by atoms with Crippen LogP contribution >= 0.6 is 0 Å². The number of anilines is 2. The van der Waals surface area contributed by atoms with Gasteiger partial charge in [-0.05, 0) is 83.2 Å². The van der Waals surface area contributed by atoms with Crippen LogP contribution in [0.5, 0.6) is 11.5 Å². The topological polar surface area (TPSA) is 281 Å². The summed E-state index contributed by atoms with van der Waals surface area (Å²) in [7, 11) is -9.59. The van der Waals surface area contributed by atoms with Gasteiger partial charge in [0.2, 0.25) is 0 Å². The maximum absolute atomic E-state index is 13.6. The van der Waals surface area contributed by atoms with Crippen molar-refractivity contribution in [1.29, 1.82) is 0 Å². The fourth-order valence-electron chi connectivity index (χ4n) is 5.77. The van der Waals surface area contributed by atoms with E-state index in [1.165, 1.54) is 30.3 Å². The van der Waals surface area contributed by atoms with E-state index in [1.807, 2.05) is 12.1 Å². The second-order valence-corrected chi connectivity index (χ2v) is 14.9. The van der Waals surface area contributed by atoms with Crippen LogP contribution in [0.15, 0.2) is 162 Å². The van der Waals surface area contributed by atoms with Gasteiger partial charge in [0.05, 0.1) is 34.1 Å². The predicted octanol–water partition coefficient (Wildman–Crippen LogP) is 2.72. The second kappa shape index (κ2) is 17.8. The Balaban J connectivity index is 0.00000320. The summed E-state index contributed by atoms with van der Waals surface area (Å²) in [5.41, 5.74) is 14.9. The van der Waals surface area contributed by atoms with Gasteiger partial charge in [-0.1, -0.05) is 66.1 Å². The van der Waals surface area contributed by atoms with E-state index in [-0.39, 0.29) is 86.6 Å². The number of hydrogen-bond donors (Lipinski definition) is 4. The minimum Gasteiger partial charge on any atom is -0.871 e. The summed E-state index contributed by atoms with van der Waals surface area (Å²) in [4.78, 5) is -1.16. The third kappa shape index (κ3) is 9.43. The molecule has 0 saturated carbocycles. The zero-order valence-electron chi connectivity index (χ0n) is 30.5. The van der Waals surface area contributed by atoms with Crippen LogP contribution in [-0.2, 0) is 20.2 Å². The second-order valence-electron chi connectivity index (χ2n) is 12.1. The average molecular weight is 833 g/mol. The normalized spacial score (nSPS) is 12.0. The summed E-state index contributed by atoms with van der Waals surface area (Å²) in [6, 6.07) is 30.5. The molecule has 0 amide bonds. The standard InChI is InChI=1S/C38H28N8O8S2.2Na/c39-23-9-15-31(29(40)19-23)44-41-24-10-5-21(6-11-24)22-7-12-25(13-8-22)42-45-32-16-14-28-35(56(52,53)54)20-33(38(48)36(28)37(32)47)46-43-30-17-18-34(55(49,50)51)27-4-2-1-3-26(27)30;;/h1-20,47-48H,39-40H2,(H,49,50,51)(H,52,53,54);;/q;2*+1/p-2. The molecular formula is C38H26N8Na2O8S2. The third-order valence-electron chi connectivity index (χ3n) is 8.48. The third-order valence-corrected chi connectivity index (χ3v) is 10.3. The number of azo groups is 3. The number of benzene rings is 7. The largest absolute Gasteiger partial charge is 1.00 e. The van der Waals surface area contributed by atoms with Crippen molar-refractivity contribution >= 4 is 87.3 Å². The molecule has 0 aliphatic rings. The van der Waals surface area contributed by atoms with Gasteiger partial charge >= 0.3 is 59.1 Å². The van der Waals surface area contributed by atoms with Crippen molar-refractivity contribution in [3.63, 3.8) is 0 Å². The number of fused-ring (bicyclic) bond motifs is 2. The zero-order valence-corrected chi connectivity index (χ0v) is 36.2. The van der Waals surface area contributed by atoms with Gasteiger partial charge < -0.3 is 21.7 Å². The van der Waals surface area contributed by atoms with E-state index < -0.39 is 52.6 Å². The van der Waals surface area contributed by atoms with Crippen molar-refractivity contribution in [3.8, 4) is 22.6 Å². The van der Waals surface area contributed by atoms with E-state index in [0.29, 0.717) is 28.4 Å². The number of rotatable bonds is 9. The summed E-state index contributed by atoms with van der Waals surface area (Å²) >= 11 is 0. The van der Waals surface area contributed by atoms with E-state index >= 15 is 0 Å². The SMILES string of the molecule is Nc1ccc(N=Nc2ccc(-c3ccc(N=Nc4ccc5c(S(=O)(=O)O)cc(N=Nc6ccc(S(=O)(=O)O)c7ccccc67)c([O-])c5c4[O-])cc3)cc2)c(N)c1.[Na+].[Na+]. The first-order valence-electron chi connectivity index (χ1n) is 16.2. The molecule has 7 rings (SSSR count). The van der Waals surface area contributed by atoms with E-state index in [9.17, 15) is 36.2 Å². The van der Waals surface area contributed by atoms with Gasteiger partial charge in [-0.25, -0.2) is 0 Å². The molecule has 7 aromatic rings. The Morgan fingerprint density at radius 2 is 0.948 bits per heavy atom. The first-order valence-corrected chi connectivity index (χ1v) is 19.1. The molecule has 58 heavy (non-hydrogen) atoms. The maximum Gasteiger partial charge on any atom is 1.00 e. The van der Waals surface area contributed by atoms with Crippen molar-refractivity contribution in [2.24, 2.45) is 30.7 Å². The number of nitrogens with zero attached hydrogens (tertiary/aromatic N) is 6. The Morgan fingerprint density at radius 3 is 1.52 bits per heavy atom. The number of nitrogen functional groups attached to an aromatic ring is 2. The molecule has 0 atom stereocenters. The molecule has 280 valence electrons. The summed E-state index contributed by atoms with van der Waals surface area (Å²) in [5, 5.41) is 51.0. The van der Waals surface area contributed by atoms with Gasteiger partial charge in [0, 0.05) is 21.8 Å². The molecule has 0 spiro atoms. The summed E-state index contributed by atoms with van der Waals surface area (Å²) in [5.74, 6) is -1.99. The molecule has 0 aliphatic carbocycles. The molecule has 0 heterocycles. The van der Waals surface area contributed by atoms with E-state index in [0.717, 1.165) is 29.3 Å². The van der Waals surface area contributed by atoms with Gasteiger partial charge in [-0.15, -0.1) is 10.2 Å². The van der Waals surface area contributed by atoms with Crippen LogP contribution in [-0.4, -0.2) is 25.9 Å².